The number of hydrogen-bond donors (Lipinski definition) is 0. The average molecular weight is 297 g/mol. The van der Waals surface area contributed by atoms with Gasteiger partial charge in [0.25, 0.3) is 0 Å². The molecule has 0 atom stereocenters. The van der Waals surface area contributed by atoms with Crippen molar-refractivity contribution in [2.24, 2.45) is 0 Å². The van der Waals surface area contributed by atoms with Crippen LogP contribution in [0.4, 0.5) is 0 Å². The third kappa shape index (κ3) is 4.65. The summed E-state index contributed by atoms with van der Waals surface area (Å²) in [5.41, 5.74) is 1.23. The Morgan fingerprint density at radius 3 is 2.65 bits per heavy atom. The molecule has 0 saturated carbocycles. The van der Waals surface area contributed by atoms with Crippen molar-refractivity contribution < 1.29 is 4.74 Å². The lowest BCUT2D eigenvalue weighted by Crippen LogP contribution is -2.44. The summed E-state index contributed by atoms with van der Waals surface area (Å²) in [5.74, 6) is 0.982. The minimum absolute atomic E-state index is 0.701. The lowest BCUT2D eigenvalue weighted by Gasteiger charge is -2.32. The standard InChI is InChI=1S/C16H25ClN2O/c1-3-20-16-7-6-15(17)13-14(16)5-4-8-19-11-9-18(2)10-12-19/h6-7,13H,3-5,8-12H2,1-2H3. The van der Waals surface area contributed by atoms with Crippen LogP contribution in [-0.4, -0.2) is 56.2 Å². The van der Waals surface area contributed by atoms with Crippen molar-refractivity contribution >= 4 is 11.6 Å². The summed E-state index contributed by atoms with van der Waals surface area (Å²) in [6.45, 7) is 8.61. The van der Waals surface area contributed by atoms with Crippen molar-refractivity contribution in [1.29, 1.82) is 0 Å². The monoisotopic (exact) mass is 296 g/mol. The van der Waals surface area contributed by atoms with E-state index in [1.807, 2.05) is 25.1 Å². The van der Waals surface area contributed by atoms with Crippen LogP contribution in [0.1, 0.15) is 18.9 Å². The van der Waals surface area contributed by atoms with E-state index in [4.69, 9.17) is 16.3 Å². The Morgan fingerprint density at radius 2 is 1.95 bits per heavy atom. The van der Waals surface area contributed by atoms with E-state index in [0.717, 1.165) is 30.2 Å². The first-order chi connectivity index (χ1) is 9.69. The van der Waals surface area contributed by atoms with Gasteiger partial charge in [0.1, 0.15) is 5.75 Å². The van der Waals surface area contributed by atoms with Gasteiger partial charge >= 0.3 is 0 Å². The number of ether oxygens (including phenoxy) is 1. The molecule has 20 heavy (non-hydrogen) atoms. The predicted molar refractivity (Wildman–Crippen MR) is 84.9 cm³/mol. The summed E-state index contributed by atoms with van der Waals surface area (Å²) in [6, 6.07) is 5.92. The zero-order chi connectivity index (χ0) is 14.4. The van der Waals surface area contributed by atoms with Gasteiger partial charge in [-0.1, -0.05) is 11.6 Å². The molecular weight excluding hydrogens is 272 g/mol. The van der Waals surface area contributed by atoms with Crippen LogP contribution in [-0.2, 0) is 6.42 Å². The second kappa shape index (κ2) is 7.87. The molecule has 1 aliphatic heterocycles. The summed E-state index contributed by atoms with van der Waals surface area (Å²) >= 11 is 6.09. The molecule has 4 heteroatoms. The molecule has 112 valence electrons. The predicted octanol–water partition coefficient (Wildman–Crippen LogP) is 2.92. The lowest BCUT2D eigenvalue weighted by molar-refractivity contribution is 0.153. The van der Waals surface area contributed by atoms with Crippen molar-refractivity contribution in [2.45, 2.75) is 19.8 Å². The van der Waals surface area contributed by atoms with E-state index in [1.54, 1.807) is 0 Å². The van der Waals surface area contributed by atoms with Crippen molar-refractivity contribution in [2.75, 3.05) is 46.4 Å². The molecule has 0 unspecified atom stereocenters. The van der Waals surface area contributed by atoms with Gasteiger partial charge in [-0.05, 0) is 57.1 Å². The zero-order valence-corrected chi connectivity index (χ0v) is 13.3. The molecule has 1 aromatic rings. The van der Waals surface area contributed by atoms with Crippen molar-refractivity contribution in [3.8, 4) is 5.75 Å². The smallest absolute Gasteiger partial charge is 0.122 e. The van der Waals surface area contributed by atoms with Crippen LogP contribution < -0.4 is 4.74 Å². The highest BCUT2D eigenvalue weighted by molar-refractivity contribution is 6.30. The van der Waals surface area contributed by atoms with E-state index in [9.17, 15) is 0 Å². The molecule has 0 N–H and O–H groups in total. The van der Waals surface area contributed by atoms with Crippen LogP contribution in [0.2, 0.25) is 5.02 Å². The van der Waals surface area contributed by atoms with Crippen LogP contribution in [0.3, 0.4) is 0 Å². The molecule has 1 aromatic carbocycles. The third-order valence-electron chi connectivity index (χ3n) is 3.84. The van der Waals surface area contributed by atoms with Gasteiger partial charge in [0.2, 0.25) is 0 Å². The Labute approximate surface area is 127 Å². The number of piperazine rings is 1. The van der Waals surface area contributed by atoms with Gasteiger partial charge in [-0.2, -0.15) is 0 Å². The molecule has 0 spiro atoms. The molecule has 3 nitrogen and oxygen atoms in total. The summed E-state index contributed by atoms with van der Waals surface area (Å²) in [4.78, 5) is 4.94. The number of nitrogens with zero attached hydrogens (tertiary/aromatic N) is 2. The highest BCUT2D eigenvalue weighted by atomic mass is 35.5. The molecule has 1 fully saturated rings. The van der Waals surface area contributed by atoms with Crippen molar-refractivity contribution in [1.82, 2.24) is 9.80 Å². The molecule has 1 aliphatic rings. The summed E-state index contributed by atoms with van der Waals surface area (Å²) in [7, 11) is 2.19. The highest BCUT2D eigenvalue weighted by Crippen LogP contribution is 2.24. The minimum atomic E-state index is 0.701. The Morgan fingerprint density at radius 1 is 1.20 bits per heavy atom. The summed E-state index contributed by atoms with van der Waals surface area (Å²) < 4.78 is 5.67. The van der Waals surface area contributed by atoms with E-state index >= 15 is 0 Å². The van der Waals surface area contributed by atoms with Gasteiger partial charge in [-0.3, -0.25) is 0 Å². The molecule has 0 bridgehead atoms. The molecule has 1 saturated heterocycles. The highest BCUT2D eigenvalue weighted by Gasteiger charge is 2.13. The fourth-order valence-corrected chi connectivity index (χ4v) is 2.80. The Hall–Kier alpha value is -0.770. The van der Waals surface area contributed by atoms with Gasteiger partial charge in [0, 0.05) is 31.2 Å². The molecule has 0 aromatic heterocycles. The first kappa shape index (κ1) is 15.6. The Balaban J connectivity index is 1.82. The first-order valence-corrected chi connectivity index (χ1v) is 7.89. The third-order valence-corrected chi connectivity index (χ3v) is 4.07. The fraction of sp³-hybridized carbons (Fsp3) is 0.625. The average Bonchev–Trinajstić information content (AvgIpc) is 2.44. The van der Waals surface area contributed by atoms with Gasteiger partial charge < -0.3 is 14.5 Å². The van der Waals surface area contributed by atoms with E-state index in [2.05, 4.69) is 16.8 Å². The van der Waals surface area contributed by atoms with E-state index in [0.29, 0.717) is 6.61 Å². The van der Waals surface area contributed by atoms with E-state index in [-0.39, 0.29) is 0 Å². The minimum Gasteiger partial charge on any atom is -0.494 e. The zero-order valence-electron chi connectivity index (χ0n) is 12.6. The number of halogens is 1. The Kier molecular flexibility index (Phi) is 6.14. The second-order valence-electron chi connectivity index (χ2n) is 5.43. The molecule has 0 radical (unpaired) electrons. The normalized spacial score (nSPS) is 17.4. The van der Waals surface area contributed by atoms with Crippen LogP contribution >= 0.6 is 11.6 Å². The number of rotatable bonds is 6. The fourth-order valence-electron chi connectivity index (χ4n) is 2.60. The maximum absolute atomic E-state index is 6.09. The van der Waals surface area contributed by atoms with Gasteiger partial charge in [-0.25, -0.2) is 0 Å². The maximum atomic E-state index is 6.09. The van der Waals surface area contributed by atoms with Crippen LogP contribution in [0.25, 0.3) is 0 Å². The van der Waals surface area contributed by atoms with Gasteiger partial charge in [0.05, 0.1) is 6.61 Å². The van der Waals surface area contributed by atoms with E-state index in [1.165, 1.54) is 31.7 Å². The lowest BCUT2D eigenvalue weighted by atomic mass is 10.1. The quantitative estimate of drug-likeness (QED) is 0.803. The second-order valence-corrected chi connectivity index (χ2v) is 5.87. The van der Waals surface area contributed by atoms with Crippen LogP contribution in [0.5, 0.6) is 5.75 Å². The van der Waals surface area contributed by atoms with Crippen LogP contribution in [0, 0.1) is 0 Å². The number of benzene rings is 1. The Bertz CT molecular complexity index is 417. The topological polar surface area (TPSA) is 15.7 Å². The van der Waals surface area contributed by atoms with Gasteiger partial charge in [-0.15, -0.1) is 0 Å². The molecule has 0 aliphatic carbocycles. The maximum Gasteiger partial charge on any atom is 0.122 e. The molecule has 2 rings (SSSR count). The summed E-state index contributed by atoms with van der Waals surface area (Å²) in [6.07, 6.45) is 2.19. The van der Waals surface area contributed by atoms with Crippen molar-refractivity contribution in [3.63, 3.8) is 0 Å². The first-order valence-electron chi connectivity index (χ1n) is 7.51. The van der Waals surface area contributed by atoms with Crippen LogP contribution in [0.15, 0.2) is 18.2 Å². The number of hydrogen-bond acceptors (Lipinski definition) is 3. The number of likely N-dealkylation sites (N-methyl/N-ethyl adjacent to an activating group) is 1. The van der Waals surface area contributed by atoms with Gasteiger partial charge in [0.15, 0.2) is 0 Å². The molecular formula is C16H25ClN2O. The summed E-state index contributed by atoms with van der Waals surface area (Å²) in [5, 5.41) is 0.794. The SMILES string of the molecule is CCOc1ccc(Cl)cc1CCCN1CCN(C)CC1. The van der Waals surface area contributed by atoms with Crippen molar-refractivity contribution in [3.05, 3.63) is 28.8 Å². The largest absolute Gasteiger partial charge is 0.494 e. The molecule has 1 heterocycles. The molecule has 0 amide bonds. The van der Waals surface area contributed by atoms with E-state index < -0.39 is 0 Å². The number of aryl methyl sites for hydroxylation is 1.